The van der Waals surface area contributed by atoms with Crippen molar-refractivity contribution in [3.05, 3.63) is 16.7 Å². The van der Waals surface area contributed by atoms with Crippen molar-refractivity contribution in [2.75, 3.05) is 6.54 Å². The summed E-state index contributed by atoms with van der Waals surface area (Å²) in [6.07, 6.45) is 7.39. The zero-order valence-corrected chi connectivity index (χ0v) is 10.3. The molecular formula is C12H18ClN3. The maximum Gasteiger partial charge on any atom is 0.152 e. The first-order valence-electron chi connectivity index (χ1n) is 6.34. The maximum absolute atomic E-state index is 6.30. The van der Waals surface area contributed by atoms with Crippen LogP contribution in [0.5, 0.6) is 0 Å². The number of hydrogen-bond donors (Lipinski definition) is 1. The molecule has 0 radical (unpaired) electrons. The molecular weight excluding hydrogens is 222 g/mol. The third kappa shape index (κ3) is 1.76. The summed E-state index contributed by atoms with van der Waals surface area (Å²) in [6.45, 7) is 2.21. The molecule has 0 saturated carbocycles. The molecule has 1 saturated heterocycles. The first-order chi connectivity index (χ1) is 7.86. The quantitative estimate of drug-likeness (QED) is 0.817. The van der Waals surface area contributed by atoms with E-state index in [0.29, 0.717) is 6.04 Å². The minimum atomic E-state index is 0.431. The molecule has 16 heavy (non-hydrogen) atoms. The first kappa shape index (κ1) is 10.6. The van der Waals surface area contributed by atoms with Crippen LogP contribution in [0.1, 0.15) is 49.7 Å². The van der Waals surface area contributed by atoms with Crippen molar-refractivity contribution in [2.24, 2.45) is 0 Å². The van der Waals surface area contributed by atoms with Crippen molar-refractivity contribution in [2.45, 2.75) is 51.1 Å². The number of aromatic nitrogens is 2. The lowest BCUT2D eigenvalue weighted by molar-refractivity contribution is 0.383. The van der Waals surface area contributed by atoms with Gasteiger partial charge in [-0.05, 0) is 32.2 Å². The molecule has 1 fully saturated rings. The van der Waals surface area contributed by atoms with Gasteiger partial charge in [0.2, 0.25) is 0 Å². The van der Waals surface area contributed by atoms with Gasteiger partial charge in [0, 0.05) is 13.0 Å². The molecule has 3 rings (SSSR count). The third-order valence-electron chi connectivity index (χ3n) is 3.71. The highest BCUT2D eigenvalue weighted by Crippen LogP contribution is 2.31. The Morgan fingerprint density at radius 2 is 2.19 bits per heavy atom. The number of piperidine rings is 1. The van der Waals surface area contributed by atoms with Crippen LogP contribution in [-0.4, -0.2) is 16.1 Å². The Morgan fingerprint density at radius 1 is 1.25 bits per heavy atom. The van der Waals surface area contributed by atoms with E-state index in [1.165, 1.54) is 43.6 Å². The van der Waals surface area contributed by atoms with E-state index in [4.69, 9.17) is 11.6 Å². The topological polar surface area (TPSA) is 29.9 Å². The maximum atomic E-state index is 6.30. The van der Waals surface area contributed by atoms with Crippen LogP contribution in [0.3, 0.4) is 0 Å². The van der Waals surface area contributed by atoms with Crippen LogP contribution in [0, 0.1) is 0 Å². The van der Waals surface area contributed by atoms with Gasteiger partial charge < -0.3 is 9.88 Å². The van der Waals surface area contributed by atoms with Crippen molar-refractivity contribution in [3.8, 4) is 0 Å². The first-order valence-corrected chi connectivity index (χ1v) is 6.72. The molecule has 1 atom stereocenters. The molecule has 1 aromatic rings. The summed E-state index contributed by atoms with van der Waals surface area (Å²) in [7, 11) is 0. The van der Waals surface area contributed by atoms with E-state index >= 15 is 0 Å². The summed E-state index contributed by atoms with van der Waals surface area (Å²) in [5.74, 6) is 1.19. The molecule has 0 spiro atoms. The van der Waals surface area contributed by atoms with Crippen molar-refractivity contribution >= 4 is 11.6 Å². The van der Waals surface area contributed by atoms with E-state index in [1.807, 2.05) is 0 Å². The predicted molar refractivity (Wildman–Crippen MR) is 64.8 cm³/mol. The van der Waals surface area contributed by atoms with E-state index in [9.17, 15) is 0 Å². The summed E-state index contributed by atoms with van der Waals surface area (Å²) in [6, 6.07) is 0.431. The summed E-state index contributed by atoms with van der Waals surface area (Å²) in [5, 5.41) is 4.30. The Bertz CT molecular complexity index is 380. The Balaban J connectivity index is 1.95. The van der Waals surface area contributed by atoms with Gasteiger partial charge in [0.1, 0.15) is 5.82 Å². The fraction of sp³-hybridized carbons (Fsp3) is 0.750. The highest BCUT2D eigenvalue weighted by Gasteiger charge is 2.25. The number of imidazole rings is 1. The smallest absolute Gasteiger partial charge is 0.152 e. The van der Waals surface area contributed by atoms with E-state index < -0.39 is 0 Å². The fourth-order valence-electron chi connectivity index (χ4n) is 2.89. The molecule has 0 aliphatic carbocycles. The van der Waals surface area contributed by atoms with E-state index in [0.717, 1.165) is 24.7 Å². The largest absolute Gasteiger partial charge is 0.329 e. The zero-order valence-electron chi connectivity index (χ0n) is 9.51. The highest BCUT2D eigenvalue weighted by atomic mass is 35.5. The third-order valence-corrected chi connectivity index (χ3v) is 3.99. The number of rotatable bonds is 1. The van der Waals surface area contributed by atoms with Gasteiger partial charge in [0.05, 0.1) is 11.7 Å². The van der Waals surface area contributed by atoms with E-state index in [2.05, 4.69) is 14.9 Å². The van der Waals surface area contributed by atoms with Crippen molar-refractivity contribution < 1.29 is 0 Å². The number of aryl methyl sites for hydroxylation is 1. The number of fused-ring (bicyclic) bond motifs is 1. The highest BCUT2D eigenvalue weighted by molar-refractivity contribution is 6.30. The fourth-order valence-corrected chi connectivity index (χ4v) is 3.22. The lowest BCUT2D eigenvalue weighted by Crippen LogP contribution is -2.29. The van der Waals surface area contributed by atoms with Gasteiger partial charge in [0.15, 0.2) is 5.15 Å². The predicted octanol–water partition coefficient (Wildman–Crippen LogP) is 2.69. The van der Waals surface area contributed by atoms with Crippen molar-refractivity contribution in [1.82, 2.24) is 14.9 Å². The van der Waals surface area contributed by atoms with Crippen LogP contribution in [-0.2, 0) is 13.0 Å². The van der Waals surface area contributed by atoms with Gasteiger partial charge in [-0.2, -0.15) is 0 Å². The molecule has 88 valence electrons. The van der Waals surface area contributed by atoms with Crippen molar-refractivity contribution in [3.63, 3.8) is 0 Å². The lowest BCUT2D eigenvalue weighted by atomic mass is 10.0. The molecule has 3 heterocycles. The van der Waals surface area contributed by atoms with Crippen LogP contribution in [0.4, 0.5) is 0 Å². The molecule has 0 amide bonds. The van der Waals surface area contributed by atoms with Crippen molar-refractivity contribution in [1.29, 1.82) is 0 Å². The molecule has 0 aromatic carbocycles. The van der Waals surface area contributed by atoms with Gasteiger partial charge >= 0.3 is 0 Å². The van der Waals surface area contributed by atoms with Gasteiger partial charge in [0.25, 0.3) is 0 Å². The van der Waals surface area contributed by atoms with Crippen LogP contribution in [0.25, 0.3) is 0 Å². The Morgan fingerprint density at radius 3 is 3.00 bits per heavy atom. The van der Waals surface area contributed by atoms with Gasteiger partial charge in [-0.15, -0.1) is 0 Å². The molecule has 2 aliphatic heterocycles. The molecule has 1 aromatic heterocycles. The van der Waals surface area contributed by atoms with Crippen LogP contribution >= 0.6 is 11.6 Å². The lowest BCUT2D eigenvalue weighted by Gasteiger charge is -2.26. The van der Waals surface area contributed by atoms with Crippen LogP contribution < -0.4 is 5.32 Å². The van der Waals surface area contributed by atoms with E-state index in [-0.39, 0.29) is 0 Å². The second kappa shape index (κ2) is 4.38. The number of halogens is 1. The van der Waals surface area contributed by atoms with Gasteiger partial charge in [-0.1, -0.05) is 18.0 Å². The minimum Gasteiger partial charge on any atom is -0.329 e. The molecule has 1 unspecified atom stereocenters. The number of hydrogen-bond acceptors (Lipinski definition) is 2. The Labute approximate surface area is 101 Å². The standard InChI is InChI=1S/C12H18ClN3/c13-12-11(9-5-1-3-7-14-9)16-8-4-2-6-10(16)15-12/h9,14H,1-8H2. The second-order valence-corrected chi connectivity index (χ2v) is 5.17. The van der Waals surface area contributed by atoms with Gasteiger partial charge in [-0.3, -0.25) is 0 Å². The minimum absolute atomic E-state index is 0.431. The molecule has 0 bridgehead atoms. The Hall–Kier alpha value is -0.540. The van der Waals surface area contributed by atoms with Crippen LogP contribution in [0.2, 0.25) is 5.15 Å². The molecule has 3 nitrogen and oxygen atoms in total. The molecule has 2 aliphatic rings. The summed E-state index contributed by atoms with van der Waals surface area (Å²) in [4.78, 5) is 4.51. The summed E-state index contributed by atoms with van der Waals surface area (Å²) >= 11 is 6.30. The average Bonchev–Trinajstić information content (AvgIpc) is 2.66. The summed E-state index contributed by atoms with van der Waals surface area (Å²) < 4.78 is 2.36. The second-order valence-electron chi connectivity index (χ2n) is 4.82. The average molecular weight is 240 g/mol. The number of nitrogens with zero attached hydrogens (tertiary/aromatic N) is 2. The van der Waals surface area contributed by atoms with Gasteiger partial charge in [-0.25, -0.2) is 4.98 Å². The van der Waals surface area contributed by atoms with E-state index in [1.54, 1.807) is 0 Å². The normalized spacial score (nSPS) is 25.4. The monoisotopic (exact) mass is 239 g/mol. The SMILES string of the molecule is Clc1nc2n(c1C1CCCCN1)CCCC2. The molecule has 4 heteroatoms. The number of nitrogens with one attached hydrogen (secondary N) is 1. The summed E-state index contributed by atoms with van der Waals surface area (Å²) in [5.41, 5.74) is 1.25. The molecule has 1 N–H and O–H groups in total. The van der Waals surface area contributed by atoms with Crippen LogP contribution in [0.15, 0.2) is 0 Å². The Kier molecular flexibility index (Phi) is 2.90. The zero-order chi connectivity index (χ0) is 11.0.